The number of hydrogen-bond donors (Lipinski definition) is 6. The van der Waals surface area contributed by atoms with Gasteiger partial charge in [0.05, 0.1) is 25.4 Å². The number of ether oxygens (including phenoxy) is 3. The molecule has 0 aromatic heterocycles. The molecule has 1 aliphatic rings. The summed E-state index contributed by atoms with van der Waals surface area (Å²) in [7, 11) is 0. The van der Waals surface area contributed by atoms with E-state index in [4.69, 9.17) is 14.2 Å². The number of aliphatic hydroxyl groups excluding tert-OH is 5. The van der Waals surface area contributed by atoms with E-state index in [1.807, 2.05) is 12.2 Å². The zero-order valence-electron chi connectivity index (χ0n) is 43.7. The molecule has 0 saturated carbocycles. The van der Waals surface area contributed by atoms with Crippen LogP contribution in [0.5, 0.6) is 0 Å². The lowest BCUT2D eigenvalue weighted by Crippen LogP contribution is -2.61. The molecule has 1 fully saturated rings. The molecule has 11 heteroatoms. The minimum absolute atomic E-state index is 0.106. The molecule has 0 bridgehead atoms. The fraction of sp³-hybridized carbons (Fsp3) is 0.759. The van der Waals surface area contributed by atoms with Crippen LogP contribution in [0.3, 0.4) is 0 Å². The summed E-state index contributed by atoms with van der Waals surface area (Å²) < 4.78 is 17.5. The Bertz CT molecular complexity index is 1390. The van der Waals surface area contributed by atoms with Crippen molar-refractivity contribution in [1.29, 1.82) is 0 Å². The molecule has 398 valence electrons. The summed E-state index contributed by atoms with van der Waals surface area (Å²) in [6, 6.07) is -1.03. The van der Waals surface area contributed by atoms with Gasteiger partial charge >= 0.3 is 5.97 Å². The molecule has 0 aromatic rings. The number of unbranched alkanes of at least 4 members (excludes halogenated alkanes) is 24. The third kappa shape index (κ3) is 35.0. The van der Waals surface area contributed by atoms with Gasteiger partial charge in [-0.25, -0.2) is 0 Å². The molecular weight excluding hydrogens is 871 g/mol. The molecular formula is C58H101NO10. The topological polar surface area (TPSA) is 175 Å². The molecule has 1 aliphatic heterocycles. The molecule has 1 saturated heterocycles. The van der Waals surface area contributed by atoms with Crippen LogP contribution >= 0.6 is 0 Å². The first-order valence-corrected chi connectivity index (χ1v) is 27.8. The third-order valence-corrected chi connectivity index (χ3v) is 12.7. The van der Waals surface area contributed by atoms with Gasteiger partial charge in [-0.2, -0.15) is 0 Å². The third-order valence-electron chi connectivity index (χ3n) is 12.7. The molecule has 8 atom stereocenters. The van der Waals surface area contributed by atoms with Gasteiger partial charge in [0.1, 0.15) is 24.4 Å². The highest BCUT2D eigenvalue weighted by Gasteiger charge is 2.47. The zero-order chi connectivity index (χ0) is 50.4. The Kier molecular flexibility index (Phi) is 42.9. The predicted octanol–water partition coefficient (Wildman–Crippen LogP) is 12.1. The average molecular weight is 972 g/mol. The minimum atomic E-state index is -1.62. The Balaban J connectivity index is 2.76. The summed E-state index contributed by atoms with van der Waals surface area (Å²) in [6.07, 6.45) is 46.6. The Morgan fingerprint density at radius 1 is 0.580 bits per heavy atom. The predicted molar refractivity (Wildman–Crippen MR) is 283 cm³/mol. The Morgan fingerprint density at radius 2 is 1.04 bits per heavy atom. The molecule has 0 radical (unpaired) electrons. The summed E-state index contributed by atoms with van der Waals surface area (Å²) in [5.74, 6) is -1.22. The van der Waals surface area contributed by atoms with Gasteiger partial charge in [0.2, 0.25) is 5.91 Å². The van der Waals surface area contributed by atoms with Crippen molar-refractivity contribution < 1.29 is 49.3 Å². The molecule has 8 unspecified atom stereocenters. The Morgan fingerprint density at radius 3 is 1.59 bits per heavy atom. The maximum atomic E-state index is 13.3. The second kappa shape index (κ2) is 46.2. The van der Waals surface area contributed by atoms with Gasteiger partial charge in [-0.3, -0.25) is 9.59 Å². The van der Waals surface area contributed by atoms with Gasteiger partial charge < -0.3 is 45.1 Å². The number of amides is 1. The van der Waals surface area contributed by atoms with E-state index in [0.717, 1.165) is 109 Å². The second-order valence-corrected chi connectivity index (χ2v) is 19.0. The second-order valence-electron chi connectivity index (χ2n) is 19.0. The molecule has 1 rings (SSSR count). The number of carbonyl (C=O) groups is 2. The van der Waals surface area contributed by atoms with Gasteiger partial charge in [-0.15, -0.1) is 0 Å². The van der Waals surface area contributed by atoms with E-state index >= 15 is 0 Å². The highest BCUT2D eigenvalue weighted by Crippen LogP contribution is 2.26. The van der Waals surface area contributed by atoms with E-state index in [0.29, 0.717) is 12.8 Å². The minimum Gasteiger partial charge on any atom is -0.454 e. The lowest BCUT2D eigenvalue weighted by molar-refractivity contribution is -0.305. The summed E-state index contributed by atoms with van der Waals surface area (Å²) >= 11 is 0. The molecule has 0 aromatic carbocycles. The number of aliphatic hydroxyl groups is 5. The van der Waals surface area contributed by atoms with Crippen LogP contribution in [0.15, 0.2) is 72.9 Å². The van der Waals surface area contributed by atoms with E-state index in [1.54, 1.807) is 6.08 Å². The van der Waals surface area contributed by atoms with Crippen molar-refractivity contribution in [3.63, 3.8) is 0 Å². The van der Waals surface area contributed by atoms with Crippen LogP contribution in [-0.2, 0) is 23.8 Å². The van der Waals surface area contributed by atoms with Crippen molar-refractivity contribution in [2.45, 2.75) is 269 Å². The highest BCUT2D eigenvalue weighted by molar-refractivity contribution is 5.80. The summed E-state index contributed by atoms with van der Waals surface area (Å²) in [4.78, 5) is 26.4. The van der Waals surface area contributed by atoms with Crippen LogP contribution in [0.2, 0.25) is 0 Å². The maximum Gasteiger partial charge on any atom is 0.306 e. The number of allylic oxidation sites excluding steroid dienone is 11. The molecule has 1 heterocycles. The fourth-order valence-electron chi connectivity index (χ4n) is 8.23. The van der Waals surface area contributed by atoms with Crippen LogP contribution in [0.25, 0.3) is 0 Å². The average Bonchev–Trinajstić information content (AvgIpc) is 3.34. The van der Waals surface area contributed by atoms with E-state index in [9.17, 15) is 35.1 Å². The molecule has 1 amide bonds. The molecule has 0 spiro atoms. The SMILES string of the molecule is CC/C=C/C=C/C=C/CCCCCCCCCC(=O)OC1C(OCC(NC(=O)C(O)CCCCCCC/C=C/C=C/CCCCC)C(O)/C=C/CCCCCCCCCCC)OC(CO)C(O)C1O. The van der Waals surface area contributed by atoms with Crippen molar-refractivity contribution in [1.82, 2.24) is 5.32 Å². The smallest absolute Gasteiger partial charge is 0.306 e. The van der Waals surface area contributed by atoms with Crippen molar-refractivity contribution in [2.24, 2.45) is 0 Å². The van der Waals surface area contributed by atoms with Crippen LogP contribution in [0, 0.1) is 0 Å². The normalized spacial score (nSPS) is 20.4. The van der Waals surface area contributed by atoms with Gasteiger partial charge in [0.15, 0.2) is 12.4 Å². The highest BCUT2D eigenvalue weighted by atomic mass is 16.7. The number of hydrogen-bond acceptors (Lipinski definition) is 10. The van der Waals surface area contributed by atoms with Crippen LogP contribution in [0.1, 0.15) is 220 Å². The lowest BCUT2D eigenvalue weighted by atomic mass is 9.99. The first-order chi connectivity index (χ1) is 33.7. The first-order valence-electron chi connectivity index (χ1n) is 27.8. The van der Waals surface area contributed by atoms with Crippen LogP contribution < -0.4 is 5.32 Å². The molecule has 6 N–H and O–H groups in total. The first kappa shape index (κ1) is 64.1. The molecule has 0 aliphatic carbocycles. The van der Waals surface area contributed by atoms with Gasteiger partial charge in [0, 0.05) is 6.42 Å². The van der Waals surface area contributed by atoms with E-state index < -0.39 is 67.4 Å². The summed E-state index contributed by atoms with van der Waals surface area (Å²) in [6.45, 7) is 5.58. The Labute approximate surface area is 420 Å². The Hall–Kier alpha value is -2.90. The number of carbonyl (C=O) groups excluding carboxylic acids is 2. The molecule has 11 nitrogen and oxygen atoms in total. The van der Waals surface area contributed by atoms with Crippen molar-refractivity contribution in [3.05, 3.63) is 72.9 Å². The van der Waals surface area contributed by atoms with Crippen LogP contribution in [-0.4, -0.2) is 99.6 Å². The zero-order valence-corrected chi connectivity index (χ0v) is 43.7. The van der Waals surface area contributed by atoms with Crippen LogP contribution in [0.4, 0.5) is 0 Å². The standard InChI is InChI=1S/C58H101NO10/c1-4-7-10-13-16-19-22-24-26-28-31-34-37-40-43-46-53(63)69-56-55(65)54(64)52(47-60)68-58(56)67-48-49(50(61)44-41-38-35-32-29-21-18-15-12-9-6-3)59-57(66)51(62)45-42-39-36-33-30-27-25-23-20-17-14-11-8-5-2/h7,10,13,16-17,19-20,22-23,25,41,44,49-52,54-56,58,60-62,64-65H,4-6,8-9,11-12,14-15,18,21,24,26-40,42-43,45-48H2,1-3H3,(H,59,66)/b10-7+,16-13+,20-17+,22-19+,25-23+,44-41+. The van der Waals surface area contributed by atoms with Crippen molar-refractivity contribution in [2.75, 3.05) is 13.2 Å². The maximum absolute atomic E-state index is 13.3. The quantitative estimate of drug-likeness (QED) is 0.0149. The van der Waals surface area contributed by atoms with E-state index in [1.165, 1.54) is 64.2 Å². The number of esters is 1. The monoisotopic (exact) mass is 972 g/mol. The fourth-order valence-corrected chi connectivity index (χ4v) is 8.23. The lowest BCUT2D eigenvalue weighted by Gasteiger charge is -2.41. The van der Waals surface area contributed by atoms with Gasteiger partial charge in [-0.1, -0.05) is 216 Å². The summed E-state index contributed by atoms with van der Waals surface area (Å²) in [5.41, 5.74) is 0. The van der Waals surface area contributed by atoms with Crippen molar-refractivity contribution in [3.8, 4) is 0 Å². The van der Waals surface area contributed by atoms with E-state index in [-0.39, 0.29) is 19.4 Å². The van der Waals surface area contributed by atoms with E-state index in [2.05, 4.69) is 80.8 Å². The van der Waals surface area contributed by atoms with Crippen molar-refractivity contribution >= 4 is 11.9 Å². The summed E-state index contributed by atoms with van der Waals surface area (Å²) in [5, 5.41) is 56.7. The van der Waals surface area contributed by atoms with Gasteiger partial charge in [-0.05, 0) is 70.6 Å². The van der Waals surface area contributed by atoms with Gasteiger partial charge in [0.25, 0.3) is 0 Å². The number of rotatable bonds is 45. The molecule has 69 heavy (non-hydrogen) atoms. The largest absolute Gasteiger partial charge is 0.454 e. The number of nitrogens with one attached hydrogen (secondary N) is 1.